The number of hydrogen-bond donors (Lipinski definition) is 3. The molecule has 0 spiro atoms. The van der Waals surface area contributed by atoms with Crippen molar-refractivity contribution in [2.75, 3.05) is 19.0 Å². The number of alkyl carbamates (subject to hydrolysis) is 1. The van der Waals surface area contributed by atoms with Gasteiger partial charge in [-0.15, -0.1) is 0 Å². The zero-order valence-electron chi connectivity index (χ0n) is 18.0. The molecule has 0 radical (unpaired) electrons. The SMILES string of the molecule is COCc1cn2c(Nc3cc([C@@H]4OC[C@H](OC(=O)NC5(C)CC5)[C@H]4F)[nH]n3)ncc(F)c2n1. The van der Waals surface area contributed by atoms with Crippen molar-refractivity contribution in [3.05, 3.63) is 35.7 Å². The summed E-state index contributed by atoms with van der Waals surface area (Å²) in [6.07, 6.45) is 0.147. The van der Waals surface area contributed by atoms with Gasteiger partial charge in [0.2, 0.25) is 5.95 Å². The molecular weight excluding hydrogens is 440 g/mol. The van der Waals surface area contributed by atoms with Crippen molar-refractivity contribution in [1.82, 2.24) is 29.9 Å². The molecule has 1 amide bonds. The Morgan fingerprint density at radius 3 is 3.03 bits per heavy atom. The van der Waals surface area contributed by atoms with E-state index in [1.54, 1.807) is 12.3 Å². The van der Waals surface area contributed by atoms with Gasteiger partial charge in [0.05, 0.1) is 30.8 Å². The Bertz CT molecular complexity index is 1180. The molecule has 13 heteroatoms. The predicted octanol–water partition coefficient (Wildman–Crippen LogP) is 2.54. The van der Waals surface area contributed by atoms with E-state index in [1.807, 2.05) is 6.92 Å². The number of rotatable bonds is 7. The highest BCUT2D eigenvalue weighted by Crippen LogP contribution is 2.36. The number of halogens is 2. The lowest BCUT2D eigenvalue weighted by atomic mass is 10.1. The van der Waals surface area contributed by atoms with E-state index in [0.717, 1.165) is 19.0 Å². The molecule has 3 aromatic rings. The van der Waals surface area contributed by atoms with Crippen LogP contribution in [-0.4, -0.2) is 62.2 Å². The highest BCUT2D eigenvalue weighted by atomic mass is 19.1. The number of anilines is 2. The normalized spacial score (nSPS) is 23.6. The number of hydrogen-bond acceptors (Lipinski definition) is 8. The third-order valence-corrected chi connectivity index (χ3v) is 5.68. The Kier molecular flexibility index (Phi) is 5.37. The molecule has 3 atom stereocenters. The smallest absolute Gasteiger partial charge is 0.408 e. The molecule has 0 aromatic carbocycles. The Labute approximate surface area is 186 Å². The quantitative estimate of drug-likeness (QED) is 0.488. The minimum absolute atomic E-state index is 0.0742. The lowest BCUT2D eigenvalue weighted by Crippen LogP contribution is -2.39. The molecule has 1 saturated carbocycles. The van der Waals surface area contributed by atoms with Crippen LogP contribution >= 0.6 is 0 Å². The van der Waals surface area contributed by atoms with Crippen molar-refractivity contribution in [3.63, 3.8) is 0 Å². The Hall–Kier alpha value is -3.32. The van der Waals surface area contributed by atoms with Crippen LogP contribution in [0.3, 0.4) is 0 Å². The van der Waals surface area contributed by atoms with Gasteiger partial charge >= 0.3 is 6.09 Å². The van der Waals surface area contributed by atoms with E-state index in [1.165, 1.54) is 11.5 Å². The zero-order chi connectivity index (χ0) is 23.2. The maximum Gasteiger partial charge on any atom is 0.408 e. The Morgan fingerprint density at radius 1 is 1.45 bits per heavy atom. The van der Waals surface area contributed by atoms with Crippen molar-refractivity contribution < 1.29 is 27.8 Å². The molecule has 1 aliphatic carbocycles. The molecule has 3 aromatic heterocycles. The van der Waals surface area contributed by atoms with Gasteiger partial charge in [0.15, 0.2) is 29.6 Å². The van der Waals surface area contributed by atoms with Crippen molar-refractivity contribution in [3.8, 4) is 0 Å². The van der Waals surface area contributed by atoms with Gasteiger partial charge in [0.1, 0.15) is 6.10 Å². The highest BCUT2D eigenvalue weighted by molar-refractivity contribution is 5.69. The molecule has 3 N–H and O–H groups in total. The molecular formula is C20H23F2N7O4. The third kappa shape index (κ3) is 4.33. The number of ether oxygens (including phenoxy) is 3. The van der Waals surface area contributed by atoms with Crippen molar-refractivity contribution in [2.45, 2.75) is 50.3 Å². The van der Waals surface area contributed by atoms with Gasteiger partial charge < -0.3 is 24.8 Å². The number of amides is 1. The summed E-state index contributed by atoms with van der Waals surface area (Å²) in [6.45, 7) is 2.04. The second-order valence-electron chi connectivity index (χ2n) is 8.45. The van der Waals surface area contributed by atoms with E-state index in [-0.39, 0.29) is 30.3 Å². The Balaban J connectivity index is 1.27. The maximum atomic E-state index is 14.9. The summed E-state index contributed by atoms with van der Waals surface area (Å²) in [6, 6.07) is 1.55. The summed E-state index contributed by atoms with van der Waals surface area (Å²) in [5, 5.41) is 12.5. The first kappa shape index (κ1) is 21.5. The molecule has 1 aliphatic heterocycles. The number of aromatic nitrogens is 5. The van der Waals surface area contributed by atoms with Crippen LogP contribution in [0.15, 0.2) is 18.5 Å². The number of aromatic amines is 1. The Morgan fingerprint density at radius 2 is 2.27 bits per heavy atom. The topological polar surface area (TPSA) is 128 Å². The molecule has 1 saturated heterocycles. The van der Waals surface area contributed by atoms with Gasteiger partial charge in [-0.05, 0) is 19.8 Å². The first-order valence-electron chi connectivity index (χ1n) is 10.4. The van der Waals surface area contributed by atoms with E-state index >= 15 is 0 Å². The number of methoxy groups -OCH3 is 1. The minimum atomic E-state index is -1.57. The van der Waals surface area contributed by atoms with Crippen LogP contribution < -0.4 is 10.6 Å². The summed E-state index contributed by atoms with van der Waals surface area (Å²) >= 11 is 0. The monoisotopic (exact) mass is 463 g/mol. The number of H-pyrrole nitrogens is 1. The van der Waals surface area contributed by atoms with Gasteiger partial charge in [-0.2, -0.15) is 5.10 Å². The summed E-state index contributed by atoms with van der Waals surface area (Å²) < 4.78 is 46.2. The van der Waals surface area contributed by atoms with Crippen LogP contribution in [-0.2, 0) is 20.8 Å². The second-order valence-corrected chi connectivity index (χ2v) is 8.45. The number of nitrogens with one attached hydrogen (secondary N) is 3. The lowest BCUT2D eigenvalue weighted by Gasteiger charge is -2.17. The maximum absolute atomic E-state index is 14.9. The van der Waals surface area contributed by atoms with Gasteiger partial charge in [0.25, 0.3) is 0 Å². The standard InChI is InChI=1S/C20H23F2N7O4/c1-20(3-4-20)26-19(30)33-13-9-32-16(15(13)22)12-5-14(28-27-12)25-18-23-6-11(21)17-24-10(8-31-2)7-29(17)18/h5-7,13,15-16H,3-4,8-9H2,1-2H3,(H,26,30)(H2,23,25,27,28)/t13-,15+,16-/m0/s1. The third-order valence-electron chi connectivity index (χ3n) is 5.68. The largest absolute Gasteiger partial charge is 0.441 e. The molecule has 5 rings (SSSR count). The van der Waals surface area contributed by atoms with Gasteiger partial charge in [-0.1, -0.05) is 0 Å². The molecule has 4 heterocycles. The fourth-order valence-corrected chi connectivity index (χ4v) is 3.63. The fraction of sp³-hybridized carbons (Fsp3) is 0.500. The average molecular weight is 463 g/mol. The number of nitrogens with zero attached hydrogens (tertiary/aromatic N) is 4. The zero-order valence-corrected chi connectivity index (χ0v) is 18.0. The number of carbonyl (C=O) groups is 1. The summed E-state index contributed by atoms with van der Waals surface area (Å²) in [5.74, 6) is -0.0159. The van der Waals surface area contributed by atoms with E-state index < -0.39 is 30.3 Å². The van der Waals surface area contributed by atoms with E-state index in [4.69, 9.17) is 14.2 Å². The molecule has 2 fully saturated rings. The number of fused-ring (bicyclic) bond motifs is 1. The van der Waals surface area contributed by atoms with E-state index in [9.17, 15) is 13.6 Å². The van der Waals surface area contributed by atoms with Crippen molar-refractivity contribution in [2.24, 2.45) is 0 Å². The van der Waals surface area contributed by atoms with Crippen LogP contribution in [0, 0.1) is 5.82 Å². The second kappa shape index (κ2) is 8.23. The molecule has 33 heavy (non-hydrogen) atoms. The average Bonchev–Trinajstić information content (AvgIpc) is 3.15. The van der Waals surface area contributed by atoms with Crippen LogP contribution in [0.4, 0.5) is 25.3 Å². The van der Waals surface area contributed by atoms with Crippen molar-refractivity contribution >= 4 is 23.5 Å². The predicted molar refractivity (Wildman–Crippen MR) is 110 cm³/mol. The number of imidazole rings is 1. The van der Waals surface area contributed by atoms with Crippen LogP contribution in [0.2, 0.25) is 0 Å². The number of carbonyl (C=O) groups excluding carboxylic acids is 1. The van der Waals surface area contributed by atoms with Crippen molar-refractivity contribution in [1.29, 1.82) is 0 Å². The van der Waals surface area contributed by atoms with E-state index in [2.05, 4.69) is 30.8 Å². The number of alkyl halides is 1. The van der Waals surface area contributed by atoms with Crippen LogP contribution in [0.5, 0.6) is 0 Å². The molecule has 11 nitrogen and oxygen atoms in total. The van der Waals surface area contributed by atoms with Crippen LogP contribution in [0.1, 0.15) is 37.3 Å². The minimum Gasteiger partial charge on any atom is -0.441 e. The molecule has 176 valence electrons. The first-order chi connectivity index (χ1) is 15.8. The van der Waals surface area contributed by atoms with Gasteiger partial charge in [-0.3, -0.25) is 9.50 Å². The van der Waals surface area contributed by atoms with E-state index in [0.29, 0.717) is 17.2 Å². The summed E-state index contributed by atoms with van der Waals surface area (Å²) in [7, 11) is 1.52. The fourth-order valence-electron chi connectivity index (χ4n) is 3.63. The van der Waals surface area contributed by atoms with Gasteiger partial charge in [-0.25, -0.2) is 23.5 Å². The molecule has 0 unspecified atom stereocenters. The highest BCUT2D eigenvalue weighted by Gasteiger charge is 2.44. The summed E-state index contributed by atoms with van der Waals surface area (Å²) in [5.41, 5.74) is 0.706. The van der Waals surface area contributed by atoms with Crippen LogP contribution in [0.25, 0.3) is 5.65 Å². The molecule has 0 bridgehead atoms. The first-order valence-corrected chi connectivity index (χ1v) is 10.4. The molecule has 2 aliphatic rings. The lowest BCUT2D eigenvalue weighted by molar-refractivity contribution is 0.0604. The van der Waals surface area contributed by atoms with Gasteiger partial charge in [0, 0.05) is 24.9 Å². The summed E-state index contributed by atoms with van der Waals surface area (Å²) in [4.78, 5) is 20.2.